The van der Waals surface area contributed by atoms with Crippen LogP contribution in [0, 0.1) is 0 Å². The molecule has 160 valence electrons. The van der Waals surface area contributed by atoms with Crippen molar-refractivity contribution in [1.82, 2.24) is 5.32 Å². The molecule has 0 heterocycles. The zero-order valence-electron chi connectivity index (χ0n) is 16.4. The second-order valence-electron chi connectivity index (χ2n) is 6.09. The van der Waals surface area contributed by atoms with Crippen molar-refractivity contribution in [2.45, 2.75) is 13.1 Å². The van der Waals surface area contributed by atoms with Gasteiger partial charge in [-0.15, -0.1) is 0 Å². The molecule has 6 nitrogen and oxygen atoms in total. The minimum Gasteiger partial charge on any atom is -0.493 e. The summed E-state index contributed by atoms with van der Waals surface area (Å²) in [7, 11) is 1.47. The number of allylic oxidation sites excluding steroid dienone is 1. The number of hydrogen-bond donors (Lipinski definition) is 2. The lowest BCUT2D eigenvalue weighted by atomic mass is 10.1. The van der Waals surface area contributed by atoms with E-state index in [4.69, 9.17) is 9.47 Å². The van der Waals surface area contributed by atoms with Crippen LogP contribution in [0.25, 0.3) is 6.08 Å². The number of halogens is 3. The summed E-state index contributed by atoms with van der Waals surface area (Å²) < 4.78 is 47.7. The average molecular weight is 422 g/mol. The van der Waals surface area contributed by atoms with Crippen LogP contribution < -0.4 is 20.1 Å². The maximum absolute atomic E-state index is 12.3. The van der Waals surface area contributed by atoms with E-state index < -0.39 is 31.1 Å². The van der Waals surface area contributed by atoms with E-state index in [1.807, 2.05) is 19.1 Å². The summed E-state index contributed by atoms with van der Waals surface area (Å²) in [4.78, 5) is 24.3. The SMILES string of the molecule is C/C=C/c1ccc(OCC(=O)Nc2ccccc2C(=O)NCC(F)(F)F)c(OC)c1. The Labute approximate surface area is 171 Å². The van der Waals surface area contributed by atoms with E-state index in [9.17, 15) is 22.8 Å². The van der Waals surface area contributed by atoms with Gasteiger partial charge >= 0.3 is 6.18 Å². The van der Waals surface area contributed by atoms with Gasteiger partial charge in [0.1, 0.15) is 6.54 Å². The van der Waals surface area contributed by atoms with Gasteiger partial charge in [-0.2, -0.15) is 13.2 Å². The quantitative estimate of drug-likeness (QED) is 0.673. The summed E-state index contributed by atoms with van der Waals surface area (Å²) in [6, 6.07) is 10.9. The summed E-state index contributed by atoms with van der Waals surface area (Å²) >= 11 is 0. The molecule has 0 aliphatic rings. The van der Waals surface area contributed by atoms with Crippen LogP contribution in [-0.4, -0.2) is 38.3 Å². The van der Waals surface area contributed by atoms with Crippen LogP contribution in [-0.2, 0) is 4.79 Å². The van der Waals surface area contributed by atoms with Gasteiger partial charge < -0.3 is 20.1 Å². The molecule has 0 saturated heterocycles. The summed E-state index contributed by atoms with van der Waals surface area (Å²) in [5.74, 6) is -0.765. The number of alkyl halides is 3. The minimum absolute atomic E-state index is 0.0705. The van der Waals surface area contributed by atoms with Gasteiger partial charge in [0.05, 0.1) is 18.4 Å². The van der Waals surface area contributed by atoms with E-state index in [1.165, 1.54) is 25.3 Å². The highest BCUT2D eigenvalue weighted by molar-refractivity contribution is 6.04. The van der Waals surface area contributed by atoms with E-state index in [2.05, 4.69) is 5.32 Å². The van der Waals surface area contributed by atoms with E-state index >= 15 is 0 Å². The highest BCUT2D eigenvalue weighted by Crippen LogP contribution is 2.28. The molecule has 0 aromatic heterocycles. The van der Waals surface area contributed by atoms with Crippen molar-refractivity contribution in [3.63, 3.8) is 0 Å². The summed E-state index contributed by atoms with van der Waals surface area (Å²) in [6.45, 7) is 0.0144. The molecular formula is C21H21F3N2O4. The highest BCUT2D eigenvalue weighted by Gasteiger charge is 2.28. The standard InChI is InChI=1S/C21H21F3N2O4/c1-3-6-14-9-10-17(18(11-14)29-2)30-12-19(27)26-16-8-5-4-7-15(16)20(28)25-13-21(22,23)24/h3-11H,12-13H2,1-2H3,(H,25,28)(H,26,27)/b6-3+. The molecule has 2 aromatic rings. The Morgan fingerprint density at radius 3 is 2.50 bits per heavy atom. The first-order valence-corrected chi connectivity index (χ1v) is 8.91. The van der Waals surface area contributed by atoms with Gasteiger partial charge in [0.2, 0.25) is 0 Å². The van der Waals surface area contributed by atoms with Crippen LogP contribution in [0.4, 0.5) is 18.9 Å². The third kappa shape index (κ3) is 6.84. The third-order valence-corrected chi connectivity index (χ3v) is 3.80. The topological polar surface area (TPSA) is 76.7 Å². The number of rotatable bonds is 8. The van der Waals surface area contributed by atoms with E-state index in [0.717, 1.165) is 5.56 Å². The van der Waals surface area contributed by atoms with E-state index in [1.54, 1.807) is 29.6 Å². The first-order chi connectivity index (χ1) is 14.2. The molecule has 0 spiro atoms. The monoisotopic (exact) mass is 422 g/mol. The molecule has 0 saturated carbocycles. The first-order valence-electron chi connectivity index (χ1n) is 8.91. The Hall–Kier alpha value is -3.49. The molecule has 2 amide bonds. The number of carbonyl (C=O) groups excluding carboxylic acids is 2. The smallest absolute Gasteiger partial charge is 0.405 e. The zero-order valence-corrected chi connectivity index (χ0v) is 16.4. The minimum atomic E-state index is -4.54. The van der Waals surface area contributed by atoms with Gasteiger partial charge in [-0.3, -0.25) is 9.59 Å². The molecule has 2 N–H and O–H groups in total. The van der Waals surface area contributed by atoms with E-state index in [0.29, 0.717) is 11.5 Å². The third-order valence-electron chi connectivity index (χ3n) is 3.80. The normalized spacial score (nSPS) is 11.2. The molecule has 0 aliphatic carbocycles. The molecule has 0 aliphatic heterocycles. The lowest BCUT2D eigenvalue weighted by molar-refractivity contribution is -0.123. The van der Waals surface area contributed by atoms with Crippen LogP contribution >= 0.6 is 0 Å². The van der Waals surface area contributed by atoms with Crippen molar-refractivity contribution < 1.29 is 32.2 Å². The summed E-state index contributed by atoms with van der Waals surface area (Å²) in [6.07, 6.45) is -0.798. The fourth-order valence-corrected chi connectivity index (χ4v) is 2.49. The first kappa shape index (κ1) is 22.8. The second kappa shape index (κ2) is 10.3. The van der Waals surface area contributed by atoms with E-state index in [-0.39, 0.29) is 11.3 Å². The van der Waals surface area contributed by atoms with Crippen LogP contribution in [0.5, 0.6) is 11.5 Å². The lowest BCUT2D eigenvalue weighted by Crippen LogP contribution is -2.34. The number of carbonyl (C=O) groups is 2. The van der Waals surface area contributed by atoms with Gasteiger partial charge in [0.15, 0.2) is 18.1 Å². The fraction of sp³-hybridized carbons (Fsp3) is 0.238. The van der Waals surface area contributed by atoms with Crippen molar-refractivity contribution in [2.24, 2.45) is 0 Å². The molecular weight excluding hydrogens is 401 g/mol. The number of amides is 2. The number of methoxy groups -OCH3 is 1. The van der Waals surface area contributed by atoms with Crippen molar-refractivity contribution >= 4 is 23.6 Å². The van der Waals surface area contributed by atoms with Gasteiger partial charge in [-0.1, -0.05) is 30.4 Å². The molecule has 0 unspecified atom stereocenters. The molecule has 2 rings (SSSR count). The Morgan fingerprint density at radius 2 is 1.83 bits per heavy atom. The van der Waals surface area contributed by atoms with Crippen molar-refractivity contribution in [3.05, 3.63) is 59.7 Å². The maximum Gasteiger partial charge on any atom is 0.405 e. The molecule has 0 radical (unpaired) electrons. The van der Waals surface area contributed by atoms with Gasteiger partial charge in [-0.25, -0.2) is 0 Å². The number of para-hydroxylation sites is 1. The molecule has 0 atom stereocenters. The average Bonchev–Trinajstić information content (AvgIpc) is 2.71. The second-order valence-corrected chi connectivity index (χ2v) is 6.09. The molecule has 9 heteroatoms. The molecule has 2 aromatic carbocycles. The maximum atomic E-state index is 12.3. The van der Waals surface area contributed by atoms with Crippen molar-refractivity contribution in [3.8, 4) is 11.5 Å². The van der Waals surface area contributed by atoms with Gasteiger partial charge in [0.25, 0.3) is 11.8 Å². The van der Waals surface area contributed by atoms with Crippen LogP contribution in [0.15, 0.2) is 48.5 Å². The highest BCUT2D eigenvalue weighted by atomic mass is 19.4. The summed E-state index contributed by atoms with van der Waals surface area (Å²) in [5.41, 5.74) is 0.870. The number of nitrogens with one attached hydrogen (secondary N) is 2. The van der Waals surface area contributed by atoms with Crippen LogP contribution in [0.2, 0.25) is 0 Å². The van der Waals surface area contributed by atoms with Gasteiger partial charge in [0, 0.05) is 0 Å². The Balaban J connectivity index is 2.03. The van der Waals surface area contributed by atoms with Gasteiger partial charge in [-0.05, 0) is 36.8 Å². The largest absolute Gasteiger partial charge is 0.493 e. The Bertz CT molecular complexity index is 927. The fourth-order valence-electron chi connectivity index (χ4n) is 2.49. The molecule has 0 bridgehead atoms. The predicted octanol–water partition coefficient (Wildman–Crippen LogP) is 4.04. The van der Waals surface area contributed by atoms with Crippen molar-refractivity contribution in [1.29, 1.82) is 0 Å². The number of benzene rings is 2. The Kier molecular flexibility index (Phi) is 7.85. The molecule has 0 fully saturated rings. The molecule has 30 heavy (non-hydrogen) atoms. The number of ether oxygens (including phenoxy) is 2. The zero-order chi connectivity index (χ0) is 22.1. The number of hydrogen-bond acceptors (Lipinski definition) is 4. The van der Waals surface area contributed by atoms with Crippen LogP contribution in [0.3, 0.4) is 0 Å². The summed E-state index contributed by atoms with van der Waals surface area (Å²) in [5, 5.41) is 4.24. The lowest BCUT2D eigenvalue weighted by Gasteiger charge is -2.14. The van der Waals surface area contributed by atoms with Crippen LogP contribution in [0.1, 0.15) is 22.8 Å². The number of anilines is 1. The predicted molar refractivity (Wildman–Crippen MR) is 107 cm³/mol. The van der Waals surface area contributed by atoms with Crippen molar-refractivity contribution in [2.75, 3.05) is 25.6 Å². The Morgan fingerprint density at radius 1 is 1.10 bits per heavy atom.